The van der Waals surface area contributed by atoms with Crippen molar-refractivity contribution in [2.45, 2.75) is 19.9 Å². The zero-order chi connectivity index (χ0) is 29.8. The van der Waals surface area contributed by atoms with Crippen LogP contribution in [0.5, 0.6) is 17.2 Å². The molecule has 0 radical (unpaired) electrons. The molecule has 4 aromatic rings. The van der Waals surface area contributed by atoms with Gasteiger partial charge in [-0.3, -0.25) is 9.36 Å². The molecule has 0 aliphatic carbocycles. The molecule has 2 heterocycles. The summed E-state index contributed by atoms with van der Waals surface area (Å²) < 4.78 is 25.1. The molecule has 1 aliphatic rings. The van der Waals surface area contributed by atoms with Crippen molar-refractivity contribution in [1.29, 1.82) is 0 Å². The number of carbonyl (C=O) groups is 1. The molecule has 10 heteroatoms. The Balaban J connectivity index is 1.79. The van der Waals surface area contributed by atoms with E-state index in [0.717, 1.165) is 20.3 Å². The minimum atomic E-state index is -0.765. The van der Waals surface area contributed by atoms with Crippen LogP contribution in [-0.2, 0) is 9.53 Å². The number of thiazole rings is 1. The third-order valence-electron chi connectivity index (χ3n) is 6.63. The highest BCUT2D eigenvalue weighted by Crippen LogP contribution is 2.36. The van der Waals surface area contributed by atoms with Crippen LogP contribution in [0, 0.1) is 3.57 Å². The van der Waals surface area contributed by atoms with Crippen LogP contribution in [0.1, 0.15) is 36.6 Å². The van der Waals surface area contributed by atoms with E-state index in [0.29, 0.717) is 44.5 Å². The number of hydrogen-bond donors (Lipinski definition) is 0. The molecule has 0 spiro atoms. The van der Waals surface area contributed by atoms with Crippen LogP contribution in [0.15, 0.2) is 82.1 Å². The van der Waals surface area contributed by atoms with E-state index in [9.17, 15) is 9.59 Å². The number of aromatic nitrogens is 1. The number of fused-ring (bicyclic) bond motifs is 1. The van der Waals surface area contributed by atoms with Gasteiger partial charge in [0.1, 0.15) is 5.75 Å². The second-order valence-corrected chi connectivity index (χ2v) is 11.3. The van der Waals surface area contributed by atoms with Gasteiger partial charge in [0.2, 0.25) is 0 Å². The number of carbonyl (C=O) groups excluding carboxylic acids is 1. The normalized spacial score (nSPS) is 14.7. The summed E-state index contributed by atoms with van der Waals surface area (Å²) in [6, 6.07) is 19.9. The Kier molecular flexibility index (Phi) is 9.12. The Morgan fingerprint density at radius 1 is 1.02 bits per heavy atom. The number of benzene rings is 3. The fourth-order valence-electron chi connectivity index (χ4n) is 4.84. The average molecular weight is 697 g/mol. The third kappa shape index (κ3) is 5.73. The first-order valence-corrected chi connectivity index (χ1v) is 15.2. The first-order chi connectivity index (χ1) is 20.4. The van der Waals surface area contributed by atoms with Crippen LogP contribution in [0.25, 0.3) is 11.8 Å². The smallest absolute Gasteiger partial charge is 0.338 e. The first kappa shape index (κ1) is 29.6. The van der Waals surface area contributed by atoms with Crippen LogP contribution >= 0.6 is 33.9 Å². The molecule has 0 saturated heterocycles. The van der Waals surface area contributed by atoms with Gasteiger partial charge >= 0.3 is 5.97 Å². The fourth-order valence-corrected chi connectivity index (χ4v) is 6.69. The molecule has 1 aliphatic heterocycles. The first-order valence-electron chi connectivity index (χ1n) is 13.3. The van der Waals surface area contributed by atoms with E-state index in [4.69, 9.17) is 23.9 Å². The van der Waals surface area contributed by atoms with Gasteiger partial charge in [-0.05, 0) is 77.9 Å². The molecule has 216 valence electrons. The van der Waals surface area contributed by atoms with E-state index in [1.54, 1.807) is 31.8 Å². The molecule has 0 amide bonds. The SMILES string of the molecule is CCOC(=O)C1=C(c2ccccc2)N=c2s/c(=C\c3cc(I)c(OC)c(OC)c3)c(=O)n2[C@H]1c1ccc(OCC)cc1. The molecule has 0 N–H and O–H groups in total. The van der Waals surface area contributed by atoms with Crippen molar-refractivity contribution < 1.29 is 23.7 Å². The summed E-state index contributed by atoms with van der Waals surface area (Å²) in [4.78, 5) is 33.1. The van der Waals surface area contributed by atoms with Crippen molar-refractivity contribution >= 4 is 51.7 Å². The summed E-state index contributed by atoms with van der Waals surface area (Å²) >= 11 is 3.44. The van der Waals surface area contributed by atoms with E-state index in [2.05, 4.69) is 22.6 Å². The predicted molar refractivity (Wildman–Crippen MR) is 171 cm³/mol. The molecule has 5 rings (SSSR count). The van der Waals surface area contributed by atoms with Crippen LogP contribution in [0.3, 0.4) is 0 Å². The summed E-state index contributed by atoms with van der Waals surface area (Å²) in [6.45, 7) is 4.38. The maximum atomic E-state index is 14.1. The molecule has 42 heavy (non-hydrogen) atoms. The second-order valence-electron chi connectivity index (χ2n) is 9.17. The Bertz CT molecular complexity index is 1830. The van der Waals surface area contributed by atoms with Gasteiger partial charge < -0.3 is 18.9 Å². The number of rotatable bonds is 9. The van der Waals surface area contributed by atoms with Gasteiger partial charge in [-0.2, -0.15) is 0 Å². The summed E-state index contributed by atoms with van der Waals surface area (Å²) in [5.74, 6) is 1.36. The van der Waals surface area contributed by atoms with E-state index in [-0.39, 0.29) is 12.2 Å². The molecule has 0 bridgehead atoms. The molecule has 1 atom stereocenters. The van der Waals surface area contributed by atoms with Crippen LogP contribution in [0.2, 0.25) is 0 Å². The zero-order valence-electron chi connectivity index (χ0n) is 23.5. The van der Waals surface area contributed by atoms with E-state index >= 15 is 0 Å². The van der Waals surface area contributed by atoms with Crippen molar-refractivity contribution in [2.24, 2.45) is 4.99 Å². The Hall–Kier alpha value is -3.90. The number of ether oxygens (including phenoxy) is 4. The van der Waals surface area contributed by atoms with Crippen LogP contribution in [0.4, 0.5) is 0 Å². The highest BCUT2D eigenvalue weighted by atomic mass is 127. The number of esters is 1. The summed E-state index contributed by atoms with van der Waals surface area (Å²) in [6.07, 6.45) is 1.80. The lowest BCUT2D eigenvalue weighted by molar-refractivity contribution is -0.138. The third-order valence-corrected chi connectivity index (χ3v) is 8.42. The maximum absolute atomic E-state index is 14.1. The van der Waals surface area contributed by atoms with Gasteiger partial charge in [-0.25, -0.2) is 9.79 Å². The van der Waals surface area contributed by atoms with Gasteiger partial charge in [0.25, 0.3) is 5.56 Å². The molecule has 0 unspecified atom stereocenters. The summed E-state index contributed by atoms with van der Waals surface area (Å²) in [5, 5.41) is 0. The molecular weight excluding hydrogens is 667 g/mol. The van der Waals surface area contributed by atoms with Gasteiger partial charge in [-0.15, -0.1) is 0 Å². The van der Waals surface area contributed by atoms with E-state index in [1.807, 2.05) is 73.7 Å². The molecule has 3 aromatic carbocycles. The lowest BCUT2D eigenvalue weighted by atomic mass is 9.93. The molecule has 0 fully saturated rings. The monoisotopic (exact) mass is 696 g/mol. The Labute approximate surface area is 260 Å². The molecule has 8 nitrogen and oxygen atoms in total. The van der Waals surface area contributed by atoms with Crippen LogP contribution in [-0.4, -0.2) is 38.0 Å². The quantitative estimate of drug-likeness (QED) is 0.182. The number of hydrogen-bond acceptors (Lipinski definition) is 8. The van der Waals surface area contributed by atoms with Crippen molar-refractivity contribution in [2.75, 3.05) is 27.4 Å². The minimum absolute atomic E-state index is 0.183. The maximum Gasteiger partial charge on any atom is 0.338 e. The summed E-state index contributed by atoms with van der Waals surface area (Å²) in [7, 11) is 3.16. The summed E-state index contributed by atoms with van der Waals surface area (Å²) in [5.41, 5.74) is 2.76. The molecule has 0 saturated carbocycles. The average Bonchev–Trinajstić information content (AvgIpc) is 3.31. The largest absolute Gasteiger partial charge is 0.494 e. The fraction of sp³-hybridized carbons (Fsp3) is 0.219. The van der Waals surface area contributed by atoms with Crippen molar-refractivity contribution in [3.05, 3.63) is 112 Å². The topological polar surface area (TPSA) is 88.4 Å². The number of halogens is 1. The molecular formula is C32H29IN2O6S. The van der Waals surface area contributed by atoms with E-state index in [1.165, 1.54) is 11.3 Å². The van der Waals surface area contributed by atoms with Gasteiger partial charge in [0, 0.05) is 5.56 Å². The zero-order valence-corrected chi connectivity index (χ0v) is 26.5. The highest BCUT2D eigenvalue weighted by Gasteiger charge is 2.35. The molecule has 1 aromatic heterocycles. The van der Waals surface area contributed by atoms with Crippen molar-refractivity contribution in [3.63, 3.8) is 0 Å². The minimum Gasteiger partial charge on any atom is -0.494 e. The van der Waals surface area contributed by atoms with Crippen molar-refractivity contribution in [3.8, 4) is 17.2 Å². The number of methoxy groups -OCH3 is 2. The predicted octanol–water partition coefficient (Wildman–Crippen LogP) is 4.96. The van der Waals surface area contributed by atoms with Gasteiger partial charge in [-0.1, -0.05) is 53.8 Å². The van der Waals surface area contributed by atoms with Gasteiger partial charge in [0.05, 0.1) is 52.8 Å². The van der Waals surface area contributed by atoms with Crippen LogP contribution < -0.4 is 29.1 Å². The Morgan fingerprint density at radius 3 is 2.40 bits per heavy atom. The number of nitrogens with zero attached hydrogens (tertiary/aromatic N) is 2. The lowest BCUT2D eigenvalue weighted by Gasteiger charge is -2.26. The van der Waals surface area contributed by atoms with Crippen molar-refractivity contribution in [1.82, 2.24) is 4.57 Å². The second kappa shape index (κ2) is 13.0. The standard InChI is InChI=1S/C32H29IN2O6S/c1-5-40-22-14-12-21(13-15-22)28-26(31(37)41-6-2)27(20-10-8-7-9-11-20)34-32-35(28)30(36)25(42-32)18-19-16-23(33)29(39-4)24(17-19)38-3/h7-18,28H,5-6H2,1-4H3/b25-18-/t28-/m0/s1. The highest BCUT2D eigenvalue weighted by molar-refractivity contribution is 14.1. The Morgan fingerprint density at radius 2 is 1.76 bits per heavy atom. The van der Waals surface area contributed by atoms with E-state index < -0.39 is 12.0 Å². The van der Waals surface area contributed by atoms with Gasteiger partial charge in [0.15, 0.2) is 16.3 Å². The lowest BCUT2D eigenvalue weighted by Crippen LogP contribution is -2.40.